The summed E-state index contributed by atoms with van der Waals surface area (Å²) in [6, 6.07) is 6.10. The van der Waals surface area contributed by atoms with Crippen LogP contribution in [0.3, 0.4) is 0 Å². The van der Waals surface area contributed by atoms with Crippen LogP contribution in [0.15, 0.2) is 24.3 Å². The van der Waals surface area contributed by atoms with Gasteiger partial charge in [0.05, 0.1) is 23.7 Å². The van der Waals surface area contributed by atoms with Gasteiger partial charge in [0.1, 0.15) is 6.54 Å². The number of hydrogen-bond donors (Lipinski definition) is 2. The number of para-hydroxylation sites is 2. The predicted molar refractivity (Wildman–Crippen MR) is 80.2 cm³/mol. The van der Waals surface area contributed by atoms with Crippen LogP contribution < -0.4 is 5.32 Å². The number of hydrogen-bond acceptors (Lipinski definition) is 4. The summed E-state index contributed by atoms with van der Waals surface area (Å²) >= 11 is 0. The number of methoxy groups -OCH3 is 1. The molecule has 0 saturated carbocycles. The number of nitrogens with one attached hydrogen (secondary N) is 1. The van der Waals surface area contributed by atoms with Gasteiger partial charge in [-0.2, -0.15) is 13.2 Å². The number of aliphatic hydroxyl groups excluding tert-OH is 1. The number of carbonyl (C=O) groups excluding carboxylic acids is 1. The fraction of sp³-hybridized carbons (Fsp3) is 0.467. The maximum atomic E-state index is 13.1. The summed E-state index contributed by atoms with van der Waals surface area (Å²) in [4.78, 5) is 15.5. The number of ether oxygens (including phenoxy) is 1. The number of halogens is 3. The molecule has 1 aromatic heterocycles. The highest BCUT2D eigenvalue weighted by molar-refractivity contribution is 5.81. The van der Waals surface area contributed by atoms with Crippen molar-refractivity contribution in [1.82, 2.24) is 14.9 Å². The first-order chi connectivity index (χ1) is 11.3. The number of aromatic nitrogens is 2. The molecule has 24 heavy (non-hydrogen) atoms. The molecule has 6 nitrogen and oxygen atoms in total. The first-order valence-corrected chi connectivity index (χ1v) is 7.29. The van der Waals surface area contributed by atoms with Crippen molar-refractivity contribution in [1.29, 1.82) is 0 Å². The van der Waals surface area contributed by atoms with Gasteiger partial charge in [-0.25, -0.2) is 4.98 Å². The monoisotopic (exact) mass is 345 g/mol. The number of fused-ring (bicyclic) bond motifs is 1. The first-order valence-electron chi connectivity index (χ1n) is 7.29. The molecule has 0 fully saturated rings. The van der Waals surface area contributed by atoms with Gasteiger partial charge in [-0.15, -0.1) is 0 Å². The fourth-order valence-corrected chi connectivity index (χ4v) is 2.31. The topological polar surface area (TPSA) is 76.4 Å². The summed E-state index contributed by atoms with van der Waals surface area (Å²) in [5.41, 5.74) is 0.410. The smallest absolute Gasteiger partial charge is 0.391 e. The van der Waals surface area contributed by atoms with Gasteiger partial charge in [0.15, 0.2) is 0 Å². The van der Waals surface area contributed by atoms with Crippen LogP contribution in [0, 0.1) is 0 Å². The Hall–Kier alpha value is -2.13. The van der Waals surface area contributed by atoms with E-state index in [1.54, 1.807) is 12.1 Å². The van der Waals surface area contributed by atoms with E-state index in [9.17, 15) is 23.1 Å². The molecule has 0 radical (unpaired) electrons. The third kappa shape index (κ3) is 4.45. The molecular formula is C15H18F3N3O3. The molecule has 0 aliphatic heterocycles. The maximum absolute atomic E-state index is 13.1. The van der Waals surface area contributed by atoms with Gasteiger partial charge in [0.25, 0.3) is 0 Å². The second kappa shape index (κ2) is 7.63. The lowest BCUT2D eigenvalue weighted by Crippen LogP contribution is -2.32. The van der Waals surface area contributed by atoms with Gasteiger partial charge in [-0.05, 0) is 18.6 Å². The van der Waals surface area contributed by atoms with Gasteiger partial charge in [0, 0.05) is 13.7 Å². The predicted octanol–water partition coefficient (Wildman–Crippen LogP) is 1.57. The van der Waals surface area contributed by atoms with Crippen LogP contribution in [0.5, 0.6) is 0 Å². The minimum absolute atomic E-state index is 0.125. The highest BCUT2D eigenvalue weighted by atomic mass is 19.4. The van der Waals surface area contributed by atoms with E-state index in [4.69, 9.17) is 4.74 Å². The summed E-state index contributed by atoms with van der Waals surface area (Å²) < 4.78 is 44.9. The van der Waals surface area contributed by atoms with Crippen molar-refractivity contribution in [3.8, 4) is 0 Å². The molecule has 9 heteroatoms. The van der Waals surface area contributed by atoms with Crippen LogP contribution in [0.1, 0.15) is 12.2 Å². The second-order valence-corrected chi connectivity index (χ2v) is 5.26. The average Bonchev–Trinajstić information content (AvgIpc) is 2.86. The lowest BCUT2D eigenvalue weighted by atomic mass is 10.2. The second-order valence-electron chi connectivity index (χ2n) is 5.26. The summed E-state index contributed by atoms with van der Waals surface area (Å²) in [6.07, 6.45) is -5.15. The van der Waals surface area contributed by atoms with E-state index < -0.39 is 30.6 Å². The van der Waals surface area contributed by atoms with Gasteiger partial charge in [0.2, 0.25) is 11.7 Å². The molecule has 2 rings (SSSR count). The maximum Gasteiger partial charge on any atom is 0.449 e. The zero-order valence-electron chi connectivity index (χ0n) is 13.0. The van der Waals surface area contributed by atoms with Crippen LogP contribution >= 0.6 is 0 Å². The van der Waals surface area contributed by atoms with Gasteiger partial charge < -0.3 is 19.7 Å². The number of alkyl halides is 3. The Kier molecular flexibility index (Phi) is 5.79. The number of carbonyl (C=O) groups is 1. The minimum Gasteiger partial charge on any atom is -0.391 e. The highest BCUT2D eigenvalue weighted by Gasteiger charge is 2.37. The number of amides is 1. The van der Waals surface area contributed by atoms with E-state index in [1.807, 2.05) is 0 Å². The van der Waals surface area contributed by atoms with E-state index in [2.05, 4.69) is 10.3 Å². The third-order valence-corrected chi connectivity index (χ3v) is 3.37. The average molecular weight is 345 g/mol. The number of nitrogens with zero attached hydrogens (tertiary/aromatic N) is 2. The molecule has 2 N–H and O–H groups in total. The molecule has 0 aliphatic rings. The lowest BCUT2D eigenvalue weighted by molar-refractivity contribution is -0.147. The molecule has 1 amide bonds. The summed E-state index contributed by atoms with van der Waals surface area (Å²) in [6.45, 7) is -0.243. The Labute approximate surface area is 136 Å². The molecule has 2 aromatic rings. The SMILES string of the molecule is COCC(O)CCNC(=O)Cn1c(C(F)(F)F)nc2ccccc21. The van der Waals surface area contributed by atoms with Crippen molar-refractivity contribution < 1.29 is 27.8 Å². The number of imidazole rings is 1. The fourth-order valence-electron chi connectivity index (χ4n) is 2.31. The molecule has 1 atom stereocenters. The molecule has 1 aromatic carbocycles. The van der Waals surface area contributed by atoms with Gasteiger partial charge in [-0.1, -0.05) is 12.1 Å². The number of benzene rings is 1. The molecule has 0 bridgehead atoms. The molecule has 132 valence electrons. The summed E-state index contributed by atoms with van der Waals surface area (Å²) in [7, 11) is 1.44. The van der Waals surface area contributed by atoms with Crippen molar-refractivity contribution in [2.75, 3.05) is 20.3 Å². The Balaban J connectivity index is 2.10. The van der Waals surface area contributed by atoms with Crippen molar-refractivity contribution in [2.45, 2.75) is 25.2 Å². The first kappa shape index (κ1) is 18.2. The third-order valence-electron chi connectivity index (χ3n) is 3.37. The molecule has 1 unspecified atom stereocenters. The molecular weight excluding hydrogens is 327 g/mol. The molecule has 0 spiro atoms. The van der Waals surface area contributed by atoms with Crippen LogP contribution in [-0.4, -0.2) is 46.9 Å². The lowest BCUT2D eigenvalue weighted by Gasteiger charge is -2.13. The van der Waals surface area contributed by atoms with Crippen LogP contribution in [-0.2, 0) is 22.3 Å². The van der Waals surface area contributed by atoms with Crippen molar-refractivity contribution in [3.05, 3.63) is 30.1 Å². The van der Waals surface area contributed by atoms with Gasteiger partial charge in [-0.3, -0.25) is 4.79 Å². The van der Waals surface area contributed by atoms with E-state index in [-0.39, 0.29) is 30.6 Å². The van der Waals surface area contributed by atoms with E-state index in [0.717, 1.165) is 4.57 Å². The van der Waals surface area contributed by atoms with Crippen molar-refractivity contribution >= 4 is 16.9 Å². The van der Waals surface area contributed by atoms with Crippen molar-refractivity contribution in [3.63, 3.8) is 0 Å². The van der Waals surface area contributed by atoms with E-state index in [0.29, 0.717) is 0 Å². The number of rotatable bonds is 7. The zero-order chi connectivity index (χ0) is 17.7. The quantitative estimate of drug-likeness (QED) is 0.799. The largest absolute Gasteiger partial charge is 0.449 e. The van der Waals surface area contributed by atoms with Crippen LogP contribution in [0.4, 0.5) is 13.2 Å². The molecule has 0 saturated heterocycles. The Morgan fingerprint density at radius 2 is 2.12 bits per heavy atom. The Bertz CT molecular complexity index is 700. The van der Waals surface area contributed by atoms with Gasteiger partial charge >= 0.3 is 6.18 Å². The molecule has 1 heterocycles. The van der Waals surface area contributed by atoms with Crippen LogP contribution in [0.2, 0.25) is 0 Å². The number of aliphatic hydroxyl groups is 1. The Morgan fingerprint density at radius 1 is 1.42 bits per heavy atom. The highest BCUT2D eigenvalue weighted by Crippen LogP contribution is 2.31. The Morgan fingerprint density at radius 3 is 2.79 bits per heavy atom. The summed E-state index contributed by atoms with van der Waals surface area (Å²) in [5, 5.41) is 12.0. The van der Waals surface area contributed by atoms with E-state index in [1.165, 1.54) is 19.2 Å². The van der Waals surface area contributed by atoms with Crippen molar-refractivity contribution in [2.24, 2.45) is 0 Å². The normalized spacial score (nSPS) is 13.2. The van der Waals surface area contributed by atoms with Crippen LogP contribution in [0.25, 0.3) is 11.0 Å². The minimum atomic E-state index is -4.66. The van der Waals surface area contributed by atoms with E-state index >= 15 is 0 Å². The zero-order valence-corrected chi connectivity index (χ0v) is 13.0. The molecule has 0 aliphatic carbocycles. The standard InChI is InChI=1S/C15H18F3N3O3/c1-24-9-10(22)6-7-19-13(23)8-21-12-5-3-2-4-11(12)20-14(21)15(16,17)18/h2-5,10,22H,6-9H2,1H3,(H,19,23). The summed E-state index contributed by atoms with van der Waals surface area (Å²) in [5.74, 6) is -1.70.